The number of hydrogen-bond donors (Lipinski definition) is 6. The number of nitrogens with one attached hydrogen (secondary N) is 1. The molecule has 0 aromatic heterocycles. The molecule has 6 N–H and O–H groups in total. The molecule has 34 heavy (non-hydrogen) atoms. The van der Waals surface area contributed by atoms with Crippen LogP contribution in [-0.2, 0) is 33.3 Å². The van der Waals surface area contributed by atoms with E-state index >= 15 is 0 Å². The van der Waals surface area contributed by atoms with Gasteiger partial charge in [0.15, 0.2) is 12.6 Å². The van der Waals surface area contributed by atoms with Crippen molar-refractivity contribution in [2.75, 3.05) is 26.4 Å². The number of ether oxygens (including phenoxy) is 5. The van der Waals surface area contributed by atoms with Crippen molar-refractivity contribution >= 4 is 11.9 Å². The number of carboxylic acids is 1. The molecule has 0 aromatic carbocycles. The molecule has 14 nitrogen and oxygen atoms in total. The van der Waals surface area contributed by atoms with Crippen LogP contribution in [0.3, 0.4) is 0 Å². The van der Waals surface area contributed by atoms with Crippen LogP contribution in [0, 0.1) is 12.3 Å². The summed E-state index contributed by atoms with van der Waals surface area (Å²) in [5, 5.41) is 64.0. The van der Waals surface area contributed by atoms with Gasteiger partial charge in [-0.25, -0.2) is 0 Å². The second-order valence-electron chi connectivity index (χ2n) is 7.41. The van der Waals surface area contributed by atoms with Crippen molar-refractivity contribution in [2.45, 2.75) is 68.3 Å². The molecule has 0 bridgehead atoms. The number of rotatable bonds is 10. The first kappa shape index (κ1) is 31.1. The van der Waals surface area contributed by atoms with Crippen LogP contribution in [0.4, 0.5) is 0 Å². The molecule has 2 rings (SSSR count). The molecule has 0 aliphatic carbocycles. The molecule has 2 aliphatic rings. The fourth-order valence-electron chi connectivity index (χ4n) is 3.58. The van der Waals surface area contributed by atoms with Crippen LogP contribution >= 0.6 is 0 Å². The third-order valence-corrected chi connectivity index (χ3v) is 5.06. The second kappa shape index (κ2) is 14.6. The SMILES string of the molecule is C#CCO[C@@H]1O[C@H](CO)[C@@H](O[C@@H]2O[C@H](CO)[C@H](O)[C@H](OCC(=O)[O-])[C@H]2O)[C@H](O)[C@H]1NC(C)=O.[Na+]. The molecule has 2 heterocycles. The van der Waals surface area contributed by atoms with Gasteiger partial charge in [-0.05, 0) is 0 Å². The zero-order chi connectivity index (χ0) is 24.7. The van der Waals surface area contributed by atoms with Crippen molar-refractivity contribution in [3.8, 4) is 12.3 Å². The monoisotopic (exact) mass is 501 g/mol. The molecule has 1 amide bonds. The average Bonchev–Trinajstić information content (AvgIpc) is 2.76. The maximum atomic E-state index is 11.6. The Hall–Kier alpha value is -0.900. The smallest absolute Gasteiger partial charge is 0.548 e. The number of carbonyl (C=O) groups is 2. The van der Waals surface area contributed by atoms with E-state index in [2.05, 4.69) is 11.2 Å². The van der Waals surface area contributed by atoms with Gasteiger partial charge in [0, 0.05) is 6.92 Å². The Morgan fingerprint density at radius 1 is 1.00 bits per heavy atom. The number of amides is 1. The minimum Gasteiger partial charge on any atom is -0.548 e. The molecule has 2 fully saturated rings. The number of hydrogen-bond acceptors (Lipinski definition) is 13. The standard InChI is InChI=1S/C19H29NO13.Na/c1-3-4-29-18-12(20-8(2)23)14(27)16(10(6-22)32-18)33-19-15(28)17(30-7-11(24)25)13(26)9(5-21)31-19;/h1,9-10,12-19,21-22,26-28H,4-7H2,2H3,(H,20,23)(H,24,25);/q;+1/p-1/t9-,10-,12-,13+,14-,15-,16-,17+,18-,19+;/m1./s1. The largest absolute Gasteiger partial charge is 1.00 e. The molecule has 0 saturated carbocycles. The number of aliphatic hydroxyl groups is 5. The Bertz CT molecular complexity index is 706. The van der Waals surface area contributed by atoms with Crippen LogP contribution in [0.1, 0.15) is 6.92 Å². The van der Waals surface area contributed by atoms with Crippen LogP contribution in [0.25, 0.3) is 0 Å². The van der Waals surface area contributed by atoms with Gasteiger partial charge in [0.05, 0.1) is 25.8 Å². The molecule has 2 saturated heterocycles. The Morgan fingerprint density at radius 2 is 1.62 bits per heavy atom. The van der Waals surface area contributed by atoms with Crippen molar-refractivity contribution < 1.29 is 93.5 Å². The van der Waals surface area contributed by atoms with Crippen molar-refractivity contribution in [2.24, 2.45) is 0 Å². The zero-order valence-corrected chi connectivity index (χ0v) is 20.7. The van der Waals surface area contributed by atoms with Gasteiger partial charge >= 0.3 is 29.6 Å². The van der Waals surface area contributed by atoms with Gasteiger partial charge in [-0.2, -0.15) is 0 Å². The predicted octanol–water partition coefficient (Wildman–Crippen LogP) is -8.82. The summed E-state index contributed by atoms with van der Waals surface area (Å²) < 4.78 is 26.8. The topological polar surface area (TPSA) is 217 Å². The first-order valence-corrected chi connectivity index (χ1v) is 10.0. The minimum atomic E-state index is -1.79. The van der Waals surface area contributed by atoms with Crippen LogP contribution in [-0.4, -0.2) is 125 Å². The van der Waals surface area contributed by atoms with Gasteiger partial charge in [0.1, 0.15) is 55.4 Å². The van der Waals surface area contributed by atoms with Crippen LogP contribution in [0.2, 0.25) is 0 Å². The first-order chi connectivity index (χ1) is 15.6. The summed E-state index contributed by atoms with van der Waals surface area (Å²) >= 11 is 0. The van der Waals surface area contributed by atoms with Crippen molar-refractivity contribution in [3.05, 3.63) is 0 Å². The summed E-state index contributed by atoms with van der Waals surface area (Å²) in [7, 11) is 0. The van der Waals surface area contributed by atoms with E-state index in [4.69, 9.17) is 30.1 Å². The van der Waals surface area contributed by atoms with E-state index in [-0.39, 0.29) is 36.2 Å². The van der Waals surface area contributed by atoms with Gasteiger partial charge in [-0.1, -0.05) is 5.92 Å². The Labute approximate surface area is 217 Å². The normalized spacial score (nSPS) is 37.8. The molecule has 0 spiro atoms. The van der Waals surface area contributed by atoms with Gasteiger partial charge in [-0.3, -0.25) is 4.79 Å². The minimum absolute atomic E-state index is 0. The molecule has 0 unspecified atom stereocenters. The van der Waals surface area contributed by atoms with Crippen LogP contribution in [0.5, 0.6) is 0 Å². The Morgan fingerprint density at radius 3 is 2.15 bits per heavy atom. The van der Waals surface area contributed by atoms with E-state index in [0.29, 0.717) is 0 Å². The summed E-state index contributed by atoms with van der Waals surface area (Å²) in [4.78, 5) is 22.3. The summed E-state index contributed by atoms with van der Waals surface area (Å²) in [5.74, 6) is 0.0399. The third-order valence-electron chi connectivity index (χ3n) is 5.06. The summed E-state index contributed by atoms with van der Waals surface area (Å²) in [5.41, 5.74) is 0. The van der Waals surface area contributed by atoms with E-state index in [1.54, 1.807) is 0 Å². The maximum Gasteiger partial charge on any atom is 1.00 e. The molecule has 0 aromatic rings. The fraction of sp³-hybridized carbons (Fsp3) is 0.789. The van der Waals surface area contributed by atoms with E-state index in [9.17, 15) is 40.2 Å². The maximum absolute atomic E-state index is 11.6. The quantitative estimate of drug-likeness (QED) is 0.121. The molecule has 0 radical (unpaired) electrons. The van der Waals surface area contributed by atoms with E-state index in [0.717, 1.165) is 0 Å². The van der Waals surface area contributed by atoms with Gasteiger partial charge in [0.25, 0.3) is 0 Å². The van der Waals surface area contributed by atoms with E-state index in [1.807, 2.05) is 0 Å². The van der Waals surface area contributed by atoms with E-state index in [1.165, 1.54) is 6.92 Å². The number of terminal acetylenes is 1. The van der Waals surface area contributed by atoms with Crippen LogP contribution < -0.4 is 40.0 Å². The molecule has 15 heteroatoms. The Balaban J connectivity index is 0.00000578. The fourth-order valence-corrected chi connectivity index (χ4v) is 3.58. The third kappa shape index (κ3) is 7.80. The number of aliphatic carboxylic acids is 1. The molecule has 188 valence electrons. The van der Waals surface area contributed by atoms with Gasteiger partial charge < -0.3 is 64.4 Å². The summed E-state index contributed by atoms with van der Waals surface area (Å²) in [6, 6.07) is -1.20. The second-order valence-corrected chi connectivity index (χ2v) is 7.41. The van der Waals surface area contributed by atoms with Crippen molar-refractivity contribution in [1.29, 1.82) is 0 Å². The average molecular weight is 501 g/mol. The first-order valence-electron chi connectivity index (χ1n) is 10.0. The Kier molecular flexibility index (Phi) is 13.4. The van der Waals surface area contributed by atoms with Gasteiger partial charge in [-0.15, -0.1) is 6.42 Å². The van der Waals surface area contributed by atoms with Crippen molar-refractivity contribution in [3.63, 3.8) is 0 Å². The summed E-state index contributed by atoms with van der Waals surface area (Å²) in [6.07, 6.45) is -8.32. The van der Waals surface area contributed by atoms with Gasteiger partial charge in [0.2, 0.25) is 5.91 Å². The van der Waals surface area contributed by atoms with Crippen molar-refractivity contribution in [1.82, 2.24) is 5.32 Å². The molecular formula is C19H28NNaO13. The number of carboxylic acid groups (broad SMARTS) is 1. The summed E-state index contributed by atoms with van der Waals surface area (Å²) in [6.45, 7) is -1.46. The number of carbonyl (C=O) groups excluding carboxylic acids is 2. The zero-order valence-electron chi connectivity index (χ0n) is 18.7. The molecule has 2 aliphatic heterocycles. The number of aliphatic hydroxyl groups excluding tert-OH is 5. The molecule has 10 atom stereocenters. The molecular weight excluding hydrogens is 473 g/mol. The predicted molar refractivity (Wildman–Crippen MR) is 102 cm³/mol. The van der Waals surface area contributed by atoms with E-state index < -0.39 is 93.0 Å². The van der Waals surface area contributed by atoms with Crippen LogP contribution in [0.15, 0.2) is 0 Å².